The molecule has 0 radical (unpaired) electrons. The molecule has 2 heterocycles. The van der Waals surface area contributed by atoms with Crippen LogP contribution >= 0.6 is 11.3 Å². The number of nitrogens with one attached hydrogen (secondary N) is 1. The largest absolute Gasteiger partial charge is 0.454 e. The average Bonchev–Trinajstić information content (AvgIpc) is 3.57. The van der Waals surface area contributed by atoms with Gasteiger partial charge < -0.3 is 19.7 Å². The molecule has 1 aliphatic heterocycles. The number of rotatable bonds is 8. The van der Waals surface area contributed by atoms with Gasteiger partial charge in [-0.1, -0.05) is 37.5 Å². The van der Waals surface area contributed by atoms with E-state index in [0.29, 0.717) is 17.1 Å². The molecule has 8 heteroatoms. The first kappa shape index (κ1) is 24.3. The van der Waals surface area contributed by atoms with Crippen molar-refractivity contribution in [2.45, 2.75) is 57.2 Å². The van der Waals surface area contributed by atoms with E-state index >= 15 is 0 Å². The molecule has 1 aromatic heterocycles. The number of amides is 2. The summed E-state index contributed by atoms with van der Waals surface area (Å²) in [5, 5.41) is 7.05. The zero-order valence-corrected chi connectivity index (χ0v) is 20.8. The molecular formula is C28H29FN2O4S. The molecule has 2 amide bonds. The van der Waals surface area contributed by atoms with Crippen LogP contribution in [-0.2, 0) is 22.6 Å². The van der Waals surface area contributed by atoms with Gasteiger partial charge in [-0.15, -0.1) is 0 Å². The Morgan fingerprint density at radius 1 is 1.00 bits per heavy atom. The molecule has 3 aromatic rings. The molecule has 1 saturated carbocycles. The summed E-state index contributed by atoms with van der Waals surface area (Å²) in [4.78, 5) is 29.1. The molecule has 2 aromatic carbocycles. The second-order valence-corrected chi connectivity index (χ2v) is 10.1. The van der Waals surface area contributed by atoms with Gasteiger partial charge in [0.2, 0.25) is 18.6 Å². The highest BCUT2D eigenvalue weighted by atomic mass is 32.1. The smallest absolute Gasteiger partial charge is 0.247 e. The van der Waals surface area contributed by atoms with Crippen molar-refractivity contribution in [2.24, 2.45) is 0 Å². The molecular weight excluding hydrogens is 479 g/mol. The maximum Gasteiger partial charge on any atom is 0.247 e. The predicted octanol–water partition coefficient (Wildman–Crippen LogP) is 5.38. The molecule has 2 aliphatic rings. The number of hydrogen-bond acceptors (Lipinski definition) is 5. The molecule has 36 heavy (non-hydrogen) atoms. The normalized spacial score (nSPS) is 15.9. The number of carbonyl (C=O) groups excluding carboxylic acids is 2. The molecule has 0 spiro atoms. The maximum absolute atomic E-state index is 13.8. The second kappa shape index (κ2) is 11.1. The van der Waals surface area contributed by atoms with E-state index in [1.807, 2.05) is 35.0 Å². The van der Waals surface area contributed by atoms with Gasteiger partial charge in [0.25, 0.3) is 0 Å². The van der Waals surface area contributed by atoms with E-state index in [2.05, 4.69) is 5.32 Å². The maximum atomic E-state index is 13.8. The van der Waals surface area contributed by atoms with Crippen molar-refractivity contribution in [2.75, 3.05) is 6.79 Å². The van der Waals surface area contributed by atoms with E-state index in [4.69, 9.17) is 9.47 Å². The van der Waals surface area contributed by atoms with E-state index in [-0.39, 0.29) is 37.6 Å². The molecule has 1 aliphatic carbocycles. The SMILES string of the molecule is O=C(NC1CCCCC1)[C@@H](c1ccc(F)cc1)N(Cc1ccc2c(c1)OCO2)C(=O)Cc1ccsc1. The third kappa shape index (κ3) is 5.70. The van der Waals surface area contributed by atoms with Crippen LogP contribution in [0, 0.1) is 5.82 Å². The van der Waals surface area contributed by atoms with Crippen LogP contribution in [0.4, 0.5) is 4.39 Å². The molecule has 0 saturated heterocycles. The van der Waals surface area contributed by atoms with E-state index in [1.165, 1.54) is 29.9 Å². The molecule has 1 fully saturated rings. The number of thiophene rings is 1. The molecule has 0 bridgehead atoms. The zero-order chi connectivity index (χ0) is 24.9. The Morgan fingerprint density at radius 2 is 1.78 bits per heavy atom. The zero-order valence-electron chi connectivity index (χ0n) is 20.0. The van der Waals surface area contributed by atoms with Crippen molar-refractivity contribution in [3.8, 4) is 11.5 Å². The fourth-order valence-corrected chi connectivity index (χ4v) is 5.54. The third-order valence-corrected chi connectivity index (χ3v) is 7.48. The van der Waals surface area contributed by atoms with E-state index in [9.17, 15) is 14.0 Å². The summed E-state index contributed by atoms with van der Waals surface area (Å²) in [6.45, 7) is 0.349. The fraction of sp³-hybridized carbons (Fsp3) is 0.357. The minimum atomic E-state index is -0.899. The van der Waals surface area contributed by atoms with Crippen molar-refractivity contribution >= 4 is 23.2 Å². The van der Waals surface area contributed by atoms with Crippen LogP contribution in [0.25, 0.3) is 0 Å². The Kier molecular flexibility index (Phi) is 7.51. The predicted molar refractivity (Wildman–Crippen MR) is 135 cm³/mol. The summed E-state index contributed by atoms with van der Waals surface area (Å²) in [7, 11) is 0. The average molecular weight is 509 g/mol. The molecule has 1 N–H and O–H groups in total. The van der Waals surface area contributed by atoms with Gasteiger partial charge in [0.05, 0.1) is 6.42 Å². The first-order chi connectivity index (χ1) is 17.6. The van der Waals surface area contributed by atoms with Crippen LogP contribution in [0.1, 0.15) is 54.8 Å². The summed E-state index contributed by atoms with van der Waals surface area (Å²) in [5.41, 5.74) is 2.28. The second-order valence-electron chi connectivity index (χ2n) is 9.32. The Morgan fingerprint density at radius 3 is 2.53 bits per heavy atom. The van der Waals surface area contributed by atoms with Gasteiger partial charge in [0, 0.05) is 12.6 Å². The lowest BCUT2D eigenvalue weighted by Crippen LogP contribution is -2.47. The summed E-state index contributed by atoms with van der Waals surface area (Å²) >= 11 is 1.52. The summed E-state index contributed by atoms with van der Waals surface area (Å²) < 4.78 is 24.8. The van der Waals surface area contributed by atoms with Crippen LogP contribution in [-0.4, -0.2) is 29.5 Å². The van der Waals surface area contributed by atoms with Crippen LogP contribution in [0.5, 0.6) is 11.5 Å². The van der Waals surface area contributed by atoms with Crippen molar-refractivity contribution in [1.82, 2.24) is 10.2 Å². The fourth-order valence-electron chi connectivity index (χ4n) is 4.87. The summed E-state index contributed by atoms with van der Waals surface area (Å²) in [5.74, 6) is 0.451. The molecule has 5 rings (SSSR count). The number of nitrogens with zero attached hydrogens (tertiary/aromatic N) is 1. The van der Waals surface area contributed by atoms with Crippen LogP contribution in [0.2, 0.25) is 0 Å². The number of fused-ring (bicyclic) bond motifs is 1. The van der Waals surface area contributed by atoms with E-state index in [0.717, 1.165) is 36.8 Å². The first-order valence-electron chi connectivity index (χ1n) is 12.3. The first-order valence-corrected chi connectivity index (χ1v) is 13.3. The summed E-state index contributed by atoms with van der Waals surface area (Å²) in [6, 6.07) is 12.5. The van der Waals surface area contributed by atoms with Crippen molar-refractivity contribution < 1.29 is 23.5 Å². The molecule has 6 nitrogen and oxygen atoms in total. The van der Waals surface area contributed by atoms with Crippen molar-refractivity contribution in [3.63, 3.8) is 0 Å². The number of benzene rings is 2. The Hall–Kier alpha value is -3.39. The lowest BCUT2D eigenvalue weighted by molar-refractivity contribution is -0.141. The van der Waals surface area contributed by atoms with Crippen molar-refractivity contribution in [1.29, 1.82) is 0 Å². The van der Waals surface area contributed by atoms with E-state index in [1.54, 1.807) is 17.0 Å². The van der Waals surface area contributed by atoms with Crippen LogP contribution in [0.15, 0.2) is 59.3 Å². The lowest BCUT2D eigenvalue weighted by Gasteiger charge is -2.33. The highest BCUT2D eigenvalue weighted by Crippen LogP contribution is 2.34. The van der Waals surface area contributed by atoms with Gasteiger partial charge in [-0.25, -0.2) is 4.39 Å². The highest BCUT2D eigenvalue weighted by Gasteiger charge is 2.33. The number of carbonyl (C=O) groups is 2. The quantitative estimate of drug-likeness (QED) is 0.444. The van der Waals surface area contributed by atoms with Crippen LogP contribution < -0.4 is 14.8 Å². The lowest BCUT2D eigenvalue weighted by atomic mass is 9.94. The summed E-state index contributed by atoms with van der Waals surface area (Å²) in [6.07, 6.45) is 5.33. The Labute approximate surface area is 214 Å². The van der Waals surface area contributed by atoms with Gasteiger partial charge in [-0.05, 0) is 70.6 Å². The molecule has 1 atom stereocenters. The van der Waals surface area contributed by atoms with Gasteiger partial charge >= 0.3 is 0 Å². The topological polar surface area (TPSA) is 67.9 Å². The Bertz CT molecular complexity index is 1190. The number of ether oxygens (including phenoxy) is 2. The third-order valence-electron chi connectivity index (χ3n) is 6.74. The van der Waals surface area contributed by atoms with Gasteiger partial charge in [0.15, 0.2) is 11.5 Å². The molecule has 188 valence electrons. The minimum absolute atomic E-state index is 0.0774. The number of hydrogen-bond donors (Lipinski definition) is 1. The number of halogens is 1. The Balaban J connectivity index is 1.49. The van der Waals surface area contributed by atoms with Gasteiger partial charge in [-0.3, -0.25) is 9.59 Å². The van der Waals surface area contributed by atoms with Gasteiger partial charge in [-0.2, -0.15) is 11.3 Å². The highest BCUT2D eigenvalue weighted by molar-refractivity contribution is 7.08. The van der Waals surface area contributed by atoms with Crippen molar-refractivity contribution in [3.05, 3.63) is 81.8 Å². The standard InChI is InChI=1S/C28H29FN2O4S/c29-22-9-7-21(8-10-22)27(28(33)30-23-4-2-1-3-5-23)31(26(32)15-20-12-13-36-17-20)16-19-6-11-24-25(14-19)35-18-34-24/h6-14,17,23,27H,1-5,15-16,18H2,(H,30,33)/t27-/m1/s1. The monoisotopic (exact) mass is 508 g/mol. The van der Waals surface area contributed by atoms with Gasteiger partial charge in [0.1, 0.15) is 11.9 Å². The minimum Gasteiger partial charge on any atom is -0.454 e. The van der Waals surface area contributed by atoms with E-state index < -0.39 is 11.9 Å². The molecule has 0 unspecified atom stereocenters. The van der Waals surface area contributed by atoms with Crippen LogP contribution in [0.3, 0.4) is 0 Å².